The van der Waals surface area contributed by atoms with Gasteiger partial charge in [0.05, 0.1) is 11.9 Å². The van der Waals surface area contributed by atoms with Gasteiger partial charge in [-0.25, -0.2) is 8.42 Å². The lowest BCUT2D eigenvalue weighted by atomic mass is 10.2. The Morgan fingerprint density at radius 1 is 1.50 bits per heavy atom. The number of hydrogen-bond acceptors (Lipinski definition) is 4. The van der Waals surface area contributed by atoms with Gasteiger partial charge in [-0.15, -0.1) is 0 Å². The number of sulfonamides is 1. The first-order valence-corrected chi connectivity index (χ1v) is 7.67. The fourth-order valence-corrected chi connectivity index (χ4v) is 2.96. The predicted octanol–water partition coefficient (Wildman–Crippen LogP) is 1.51. The number of halogens is 1. The summed E-state index contributed by atoms with van der Waals surface area (Å²) in [6, 6.07) is 4.59. The van der Waals surface area contributed by atoms with Crippen LogP contribution in [0.25, 0.3) is 0 Å². The van der Waals surface area contributed by atoms with Crippen LogP contribution < -0.4 is 10.5 Å². The standard InChI is InChI=1S/C11H11ClN4O2S2/c1-16-6-8(5-14-16)20(17,18)15-10-4-7(12)2-3-9(10)11(13)19/h2-6,15H,1H3,(H2,13,19). The van der Waals surface area contributed by atoms with Crippen molar-refractivity contribution in [3.05, 3.63) is 41.2 Å². The van der Waals surface area contributed by atoms with Gasteiger partial charge in [0.2, 0.25) is 0 Å². The fraction of sp³-hybridized carbons (Fsp3) is 0.0909. The first-order valence-electron chi connectivity index (χ1n) is 5.40. The SMILES string of the molecule is Cn1cc(S(=O)(=O)Nc2cc(Cl)ccc2C(N)=S)cn1. The monoisotopic (exact) mass is 330 g/mol. The normalized spacial score (nSPS) is 11.3. The third-order valence-electron chi connectivity index (χ3n) is 2.48. The Kier molecular flexibility index (Phi) is 3.98. The Bertz CT molecular complexity index is 770. The molecule has 20 heavy (non-hydrogen) atoms. The topological polar surface area (TPSA) is 90.0 Å². The molecule has 2 aromatic rings. The number of aryl methyl sites for hydroxylation is 1. The minimum atomic E-state index is -3.77. The van der Waals surface area contributed by atoms with Crippen LogP contribution in [-0.4, -0.2) is 23.2 Å². The molecule has 0 radical (unpaired) electrons. The van der Waals surface area contributed by atoms with Gasteiger partial charge in [0.25, 0.3) is 10.0 Å². The zero-order valence-corrected chi connectivity index (χ0v) is 12.8. The van der Waals surface area contributed by atoms with Crippen LogP contribution in [0.5, 0.6) is 0 Å². The van der Waals surface area contributed by atoms with Crippen molar-refractivity contribution in [3.8, 4) is 0 Å². The summed E-state index contributed by atoms with van der Waals surface area (Å²) in [6.45, 7) is 0. The van der Waals surface area contributed by atoms with Crippen molar-refractivity contribution in [1.29, 1.82) is 0 Å². The van der Waals surface area contributed by atoms with Gasteiger partial charge in [-0.05, 0) is 18.2 Å². The number of thiocarbonyl (C=S) groups is 1. The molecule has 1 aromatic carbocycles. The maximum atomic E-state index is 12.2. The molecular formula is C11H11ClN4O2S2. The van der Waals surface area contributed by atoms with E-state index in [0.29, 0.717) is 10.6 Å². The first kappa shape index (κ1) is 14.8. The van der Waals surface area contributed by atoms with E-state index < -0.39 is 10.0 Å². The summed E-state index contributed by atoms with van der Waals surface area (Å²) >= 11 is 10.8. The van der Waals surface area contributed by atoms with Crippen molar-refractivity contribution in [2.75, 3.05) is 4.72 Å². The molecule has 0 unspecified atom stereocenters. The number of rotatable bonds is 4. The minimum absolute atomic E-state index is 0.0360. The average molecular weight is 331 g/mol. The quantitative estimate of drug-likeness (QED) is 0.829. The Labute approximate surface area is 126 Å². The fourth-order valence-electron chi connectivity index (χ4n) is 1.56. The Balaban J connectivity index is 2.44. The molecule has 0 amide bonds. The second-order valence-corrected chi connectivity index (χ2v) is 6.57. The Morgan fingerprint density at radius 3 is 2.75 bits per heavy atom. The summed E-state index contributed by atoms with van der Waals surface area (Å²) in [5.41, 5.74) is 6.19. The third-order valence-corrected chi connectivity index (χ3v) is 4.26. The van der Waals surface area contributed by atoms with Crippen molar-refractivity contribution in [1.82, 2.24) is 9.78 Å². The molecule has 0 bridgehead atoms. The lowest BCUT2D eigenvalue weighted by Gasteiger charge is -2.11. The van der Waals surface area contributed by atoms with E-state index in [1.54, 1.807) is 19.2 Å². The lowest BCUT2D eigenvalue weighted by molar-refractivity contribution is 0.601. The minimum Gasteiger partial charge on any atom is -0.389 e. The average Bonchev–Trinajstić information content (AvgIpc) is 2.75. The van der Waals surface area contributed by atoms with Crippen LogP contribution in [0.2, 0.25) is 5.02 Å². The van der Waals surface area contributed by atoms with Gasteiger partial charge >= 0.3 is 0 Å². The zero-order valence-electron chi connectivity index (χ0n) is 10.4. The maximum Gasteiger partial charge on any atom is 0.265 e. The number of aromatic nitrogens is 2. The number of nitrogens with zero attached hydrogens (tertiary/aromatic N) is 2. The molecular weight excluding hydrogens is 320 g/mol. The highest BCUT2D eigenvalue weighted by atomic mass is 35.5. The van der Waals surface area contributed by atoms with Crippen molar-refractivity contribution in [2.24, 2.45) is 12.8 Å². The number of nitrogens with one attached hydrogen (secondary N) is 1. The maximum absolute atomic E-state index is 12.2. The molecule has 0 saturated carbocycles. The highest BCUT2D eigenvalue weighted by Crippen LogP contribution is 2.24. The first-order chi connectivity index (χ1) is 9.29. The van der Waals surface area contributed by atoms with E-state index in [4.69, 9.17) is 29.6 Å². The van der Waals surface area contributed by atoms with Crippen LogP contribution in [0.4, 0.5) is 5.69 Å². The molecule has 0 fully saturated rings. The van der Waals surface area contributed by atoms with Crippen molar-refractivity contribution < 1.29 is 8.42 Å². The molecule has 0 spiro atoms. The summed E-state index contributed by atoms with van der Waals surface area (Å²) in [5, 5.41) is 4.19. The molecule has 9 heteroatoms. The largest absolute Gasteiger partial charge is 0.389 e. The number of hydrogen-bond donors (Lipinski definition) is 2. The van der Waals surface area contributed by atoms with Gasteiger partial charge in [0.15, 0.2) is 0 Å². The van der Waals surface area contributed by atoms with Gasteiger partial charge in [-0.2, -0.15) is 5.10 Å². The number of nitrogens with two attached hydrogens (primary N) is 1. The van der Waals surface area contributed by atoms with Crippen molar-refractivity contribution in [2.45, 2.75) is 4.90 Å². The second kappa shape index (κ2) is 5.39. The highest BCUT2D eigenvalue weighted by molar-refractivity contribution is 7.92. The molecule has 106 valence electrons. The van der Waals surface area contributed by atoms with Gasteiger partial charge in [-0.1, -0.05) is 23.8 Å². The van der Waals surface area contributed by atoms with E-state index in [1.807, 2.05) is 0 Å². The lowest BCUT2D eigenvalue weighted by Crippen LogP contribution is -2.17. The van der Waals surface area contributed by atoms with Gasteiger partial charge in [0, 0.05) is 23.8 Å². The van der Waals surface area contributed by atoms with Crippen LogP contribution in [-0.2, 0) is 17.1 Å². The van der Waals surface area contributed by atoms with Crippen molar-refractivity contribution in [3.63, 3.8) is 0 Å². The van der Waals surface area contributed by atoms with Crippen LogP contribution >= 0.6 is 23.8 Å². The summed E-state index contributed by atoms with van der Waals surface area (Å²) in [5.74, 6) is 0. The van der Waals surface area contributed by atoms with E-state index in [9.17, 15) is 8.42 Å². The summed E-state index contributed by atoms with van der Waals surface area (Å²) < 4.78 is 28.2. The molecule has 1 heterocycles. The molecule has 6 nitrogen and oxygen atoms in total. The highest BCUT2D eigenvalue weighted by Gasteiger charge is 2.18. The number of benzene rings is 1. The second-order valence-electron chi connectivity index (χ2n) is 4.01. The third kappa shape index (κ3) is 3.09. The Hall–Kier alpha value is -1.64. The smallest absolute Gasteiger partial charge is 0.265 e. The van der Waals surface area contributed by atoms with E-state index in [0.717, 1.165) is 0 Å². The van der Waals surface area contributed by atoms with Crippen LogP contribution in [0, 0.1) is 0 Å². The zero-order chi connectivity index (χ0) is 14.9. The number of anilines is 1. The van der Waals surface area contributed by atoms with E-state index in [1.165, 1.54) is 23.1 Å². The summed E-state index contributed by atoms with van der Waals surface area (Å²) in [6.07, 6.45) is 2.63. The molecule has 0 aliphatic heterocycles. The van der Waals surface area contributed by atoms with Gasteiger partial charge < -0.3 is 5.73 Å². The molecule has 0 saturated heterocycles. The van der Waals surface area contributed by atoms with E-state index in [-0.39, 0.29) is 15.6 Å². The molecule has 2 rings (SSSR count). The summed E-state index contributed by atoms with van der Waals surface area (Å²) in [7, 11) is -2.15. The van der Waals surface area contributed by atoms with Crippen LogP contribution in [0.3, 0.4) is 0 Å². The van der Waals surface area contributed by atoms with Crippen LogP contribution in [0.1, 0.15) is 5.56 Å². The molecule has 0 aliphatic rings. The molecule has 0 atom stereocenters. The van der Waals surface area contributed by atoms with E-state index >= 15 is 0 Å². The predicted molar refractivity (Wildman–Crippen MR) is 81.4 cm³/mol. The molecule has 1 aromatic heterocycles. The molecule has 0 aliphatic carbocycles. The van der Waals surface area contributed by atoms with Crippen molar-refractivity contribution >= 4 is 44.5 Å². The van der Waals surface area contributed by atoms with E-state index in [2.05, 4.69) is 9.82 Å². The van der Waals surface area contributed by atoms with Gasteiger partial charge in [-0.3, -0.25) is 9.40 Å². The van der Waals surface area contributed by atoms with Crippen LogP contribution in [0.15, 0.2) is 35.5 Å². The molecule has 3 N–H and O–H groups in total. The van der Waals surface area contributed by atoms with Gasteiger partial charge in [0.1, 0.15) is 9.88 Å². The summed E-state index contributed by atoms with van der Waals surface area (Å²) in [4.78, 5) is 0.111. The Morgan fingerprint density at radius 2 is 2.20 bits per heavy atom.